The van der Waals surface area contributed by atoms with Gasteiger partial charge in [0.1, 0.15) is 5.82 Å². The van der Waals surface area contributed by atoms with E-state index in [0.29, 0.717) is 0 Å². The van der Waals surface area contributed by atoms with Crippen LogP contribution in [-0.4, -0.2) is 18.1 Å². The second kappa shape index (κ2) is 7.57. The molecule has 2 aromatic heterocycles. The van der Waals surface area contributed by atoms with Crippen molar-refractivity contribution in [2.24, 2.45) is 0 Å². The summed E-state index contributed by atoms with van der Waals surface area (Å²) in [6, 6.07) is 6.48. The third kappa shape index (κ3) is 4.05. The smallest absolute Gasteiger partial charge is 0.133 e. The van der Waals surface area contributed by atoms with E-state index in [1.807, 2.05) is 11.3 Å². The number of hydrogen-bond acceptors (Lipinski definition) is 4. The topological polar surface area (TPSA) is 28.2 Å². The summed E-state index contributed by atoms with van der Waals surface area (Å²) in [5.74, 6) is 1.13. The predicted octanol–water partition coefficient (Wildman–Crippen LogP) is 3.90. The first-order valence-corrected chi connectivity index (χ1v) is 8.48. The number of pyridine rings is 1. The van der Waals surface area contributed by atoms with Gasteiger partial charge in [-0.2, -0.15) is 0 Å². The van der Waals surface area contributed by atoms with E-state index < -0.39 is 0 Å². The minimum absolute atomic E-state index is 0.881. The van der Waals surface area contributed by atoms with Crippen LogP contribution >= 0.6 is 11.3 Å². The first kappa shape index (κ1) is 16.0. The predicted molar refractivity (Wildman–Crippen MR) is 92.1 cm³/mol. The number of aromatic nitrogens is 1. The maximum Gasteiger partial charge on any atom is 0.133 e. The molecule has 114 valence electrons. The number of rotatable bonds is 7. The second-order valence-electron chi connectivity index (χ2n) is 5.26. The SMILES string of the molecule is CCNCc1c(C)cc(C)nc1N(CC)Cc1cccs1. The first-order chi connectivity index (χ1) is 10.2. The van der Waals surface area contributed by atoms with Crippen LogP contribution in [0.25, 0.3) is 0 Å². The molecule has 0 atom stereocenters. The summed E-state index contributed by atoms with van der Waals surface area (Å²) in [7, 11) is 0. The molecule has 3 nitrogen and oxygen atoms in total. The molecule has 0 amide bonds. The van der Waals surface area contributed by atoms with E-state index >= 15 is 0 Å². The van der Waals surface area contributed by atoms with Gasteiger partial charge in [-0.1, -0.05) is 13.0 Å². The largest absolute Gasteiger partial charge is 0.351 e. The van der Waals surface area contributed by atoms with Crippen LogP contribution in [0.3, 0.4) is 0 Å². The molecule has 0 saturated carbocycles. The Bertz CT molecular complexity index is 564. The minimum atomic E-state index is 0.881. The van der Waals surface area contributed by atoms with Gasteiger partial charge in [-0.15, -0.1) is 11.3 Å². The highest BCUT2D eigenvalue weighted by Gasteiger charge is 2.15. The molecular weight excluding hydrogens is 278 g/mol. The third-order valence-corrected chi connectivity index (χ3v) is 4.47. The zero-order chi connectivity index (χ0) is 15.2. The first-order valence-electron chi connectivity index (χ1n) is 7.60. The monoisotopic (exact) mass is 303 g/mol. The summed E-state index contributed by atoms with van der Waals surface area (Å²) in [5, 5.41) is 5.58. The Morgan fingerprint density at radius 1 is 1.29 bits per heavy atom. The highest BCUT2D eigenvalue weighted by molar-refractivity contribution is 7.09. The molecule has 0 fully saturated rings. The van der Waals surface area contributed by atoms with Crippen molar-refractivity contribution in [3.05, 3.63) is 45.3 Å². The molecule has 0 spiro atoms. The molecule has 0 bridgehead atoms. The lowest BCUT2D eigenvalue weighted by molar-refractivity contribution is 0.709. The van der Waals surface area contributed by atoms with E-state index in [1.165, 1.54) is 16.0 Å². The standard InChI is InChI=1S/C17H25N3S/c1-5-18-11-16-13(3)10-14(4)19-17(16)20(6-2)12-15-8-7-9-21-15/h7-10,18H,5-6,11-12H2,1-4H3. The van der Waals surface area contributed by atoms with Crippen molar-refractivity contribution in [3.63, 3.8) is 0 Å². The summed E-state index contributed by atoms with van der Waals surface area (Å²) in [6.07, 6.45) is 0. The van der Waals surface area contributed by atoms with Crippen LogP contribution in [-0.2, 0) is 13.1 Å². The van der Waals surface area contributed by atoms with Crippen molar-refractivity contribution in [3.8, 4) is 0 Å². The third-order valence-electron chi connectivity index (χ3n) is 3.61. The van der Waals surface area contributed by atoms with Gasteiger partial charge in [-0.05, 0) is 50.4 Å². The molecule has 0 aliphatic carbocycles. The number of thiophene rings is 1. The van der Waals surface area contributed by atoms with E-state index in [1.54, 1.807) is 0 Å². The van der Waals surface area contributed by atoms with E-state index in [2.05, 4.69) is 61.5 Å². The molecule has 0 unspecified atom stereocenters. The lowest BCUT2D eigenvalue weighted by Gasteiger charge is -2.25. The molecule has 0 aliphatic rings. The molecule has 0 aliphatic heterocycles. The van der Waals surface area contributed by atoms with Gasteiger partial charge in [0.15, 0.2) is 0 Å². The number of nitrogens with one attached hydrogen (secondary N) is 1. The molecule has 0 radical (unpaired) electrons. The Morgan fingerprint density at radius 3 is 2.71 bits per heavy atom. The van der Waals surface area contributed by atoms with Crippen LogP contribution in [0.2, 0.25) is 0 Å². The van der Waals surface area contributed by atoms with Gasteiger partial charge in [0.05, 0.1) is 6.54 Å². The maximum atomic E-state index is 4.83. The van der Waals surface area contributed by atoms with Gasteiger partial charge in [-0.3, -0.25) is 0 Å². The van der Waals surface area contributed by atoms with E-state index in [4.69, 9.17) is 4.98 Å². The Labute approximate surface area is 132 Å². The maximum absolute atomic E-state index is 4.83. The zero-order valence-electron chi connectivity index (χ0n) is 13.4. The lowest BCUT2D eigenvalue weighted by atomic mass is 10.1. The van der Waals surface area contributed by atoms with Gasteiger partial charge in [0, 0.05) is 29.2 Å². The fourth-order valence-electron chi connectivity index (χ4n) is 2.50. The molecule has 2 aromatic rings. The molecule has 0 saturated heterocycles. The number of aryl methyl sites for hydroxylation is 2. The van der Waals surface area contributed by atoms with Crippen molar-refractivity contribution in [2.75, 3.05) is 18.0 Å². The van der Waals surface area contributed by atoms with Crippen LogP contribution in [0.1, 0.15) is 35.5 Å². The molecule has 1 N–H and O–H groups in total. The van der Waals surface area contributed by atoms with Gasteiger partial charge >= 0.3 is 0 Å². The van der Waals surface area contributed by atoms with E-state index in [-0.39, 0.29) is 0 Å². The molecule has 2 rings (SSSR count). The zero-order valence-corrected chi connectivity index (χ0v) is 14.3. The second-order valence-corrected chi connectivity index (χ2v) is 6.29. The van der Waals surface area contributed by atoms with E-state index in [9.17, 15) is 0 Å². The normalized spacial score (nSPS) is 10.9. The highest BCUT2D eigenvalue weighted by atomic mass is 32.1. The highest BCUT2D eigenvalue weighted by Crippen LogP contribution is 2.25. The fraction of sp³-hybridized carbons (Fsp3) is 0.471. The Kier molecular flexibility index (Phi) is 5.76. The van der Waals surface area contributed by atoms with Crippen molar-refractivity contribution >= 4 is 17.2 Å². The Morgan fingerprint density at radius 2 is 2.10 bits per heavy atom. The van der Waals surface area contributed by atoms with Crippen molar-refractivity contribution in [1.29, 1.82) is 0 Å². The quantitative estimate of drug-likeness (QED) is 0.841. The molecule has 0 aromatic carbocycles. The fourth-order valence-corrected chi connectivity index (χ4v) is 3.22. The van der Waals surface area contributed by atoms with Crippen LogP contribution in [0.4, 0.5) is 5.82 Å². The van der Waals surface area contributed by atoms with Gasteiger partial charge < -0.3 is 10.2 Å². The summed E-state index contributed by atoms with van der Waals surface area (Å²) in [5.41, 5.74) is 3.73. The summed E-state index contributed by atoms with van der Waals surface area (Å²) < 4.78 is 0. The Balaban J connectivity index is 2.33. The molecule has 21 heavy (non-hydrogen) atoms. The van der Waals surface area contributed by atoms with Gasteiger partial charge in [-0.25, -0.2) is 4.98 Å². The van der Waals surface area contributed by atoms with Crippen molar-refractivity contribution in [2.45, 2.75) is 40.8 Å². The van der Waals surface area contributed by atoms with Gasteiger partial charge in [0.2, 0.25) is 0 Å². The van der Waals surface area contributed by atoms with Crippen LogP contribution in [0.5, 0.6) is 0 Å². The minimum Gasteiger partial charge on any atom is -0.351 e. The average Bonchev–Trinajstić information content (AvgIpc) is 2.96. The van der Waals surface area contributed by atoms with Crippen molar-refractivity contribution < 1.29 is 0 Å². The summed E-state index contributed by atoms with van der Waals surface area (Å²) >= 11 is 1.81. The van der Waals surface area contributed by atoms with Crippen LogP contribution in [0.15, 0.2) is 23.6 Å². The van der Waals surface area contributed by atoms with Gasteiger partial charge in [0.25, 0.3) is 0 Å². The molecule has 2 heterocycles. The lowest BCUT2D eigenvalue weighted by Crippen LogP contribution is -2.26. The van der Waals surface area contributed by atoms with E-state index in [0.717, 1.165) is 37.7 Å². The van der Waals surface area contributed by atoms with Crippen LogP contribution in [0, 0.1) is 13.8 Å². The summed E-state index contributed by atoms with van der Waals surface area (Å²) in [4.78, 5) is 8.58. The Hall–Kier alpha value is -1.39. The molecule has 4 heteroatoms. The number of hydrogen-bond donors (Lipinski definition) is 1. The number of anilines is 1. The van der Waals surface area contributed by atoms with Crippen molar-refractivity contribution in [1.82, 2.24) is 10.3 Å². The number of nitrogens with zero attached hydrogens (tertiary/aromatic N) is 2. The van der Waals surface area contributed by atoms with Crippen LogP contribution < -0.4 is 10.2 Å². The molecular formula is C17H25N3S. The average molecular weight is 303 g/mol. The summed E-state index contributed by atoms with van der Waals surface area (Å²) in [6.45, 7) is 12.4.